The maximum absolute atomic E-state index is 12.4. The first kappa shape index (κ1) is 21.7. The van der Waals surface area contributed by atoms with E-state index in [0.717, 1.165) is 32.7 Å². The zero-order chi connectivity index (χ0) is 21.2. The van der Waals surface area contributed by atoms with Gasteiger partial charge in [-0.25, -0.2) is 0 Å². The van der Waals surface area contributed by atoms with Gasteiger partial charge in [0.25, 0.3) is 5.91 Å². The minimum absolute atomic E-state index is 0.0551. The molecule has 158 valence electrons. The maximum Gasteiger partial charge on any atom is 0.251 e. The molecule has 0 radical (unpaired) electrons. The fourth-order valence-electron chi connectivity index (χ4n) is 3.44. The molecule has 1 aliphatic rings. The lowest BCUT2D eigenvalue weighted by Gasteiger charge is -2.33. The van der Waals surface area contributed by atoms with Gasteiger partial charge in [-0.1, -0.05) is 48.6 Å². The number of rotatable bonds is 8. The molecular weight excluding hydrogens is 376 g/mol. The number of carbonyl (C=O) groups excluding carboxylic acids is 2. The average molecular weight is 407 g/mol. The summed E-state index contributed by atoms with van der Waals surface area (Å²) in [6, 6.07) is 17.3. The molecule has 1 heterocycles. The van der Waals surface area contributed by atoms with Crippen molar-refractivity contribution in [3.05, 3.63) is 71.8 Å². The van der Waals surface area contributed by atoms with Gasteiger partial charge in [-0.3, -0.25) is 19.4 Å². The van der Waals surface area contributed by atoms with E-state index in [1.807, 2.05) is 25.1 Å². The molecule has 0 bridgehead atoms. The van der Waals surface area contributed by atoms with Crippen LogP contribution in [-0.4, -0.2) is 67.4 Å². The van der Waals surface area contributed by atoms with E-state index in [1.165, 1.54) is 5.56 Å². The fourth-order valence-corrected chi connectivity index (χ4v) is 3.44. The highest BCUT2D eigenvalue weighted by atomic mass is 16.2. The summed E-state index contributed by atoms with van der Waals surface area (Å²) in [6.45, 7) is 7.35. The lowest BCUT2D eigenvalue weighted by atomic mass is 10.2. The van der Waals surface area contributed by atoms with E-state index in [2.05, 4.69) is 44.7 Å². The van der Waals surface area contributed by atoms with Crippen molar-refractivity contribution in [2.24, 2.45) is 0 Å². The molecule has 0 atom stereocenters. The summed E-state index contributed by atoms with van der Waals surface area (Å²) in [5, 5.41) is 5.67. The Labute approximate surface area is 178 Å². The molecule has 2 aromatic rings. The molecule has 2 N–H and O–H groups in total. The number of nitrogens with zero attached hydrogens (tertiary/aromatic N) is 2. The van der Waals surface area contributed by atoms with Crippen molar-refractivity contribution < 1.29 is 9.59 Å². The first-order valence-electron chi connectivity index (χ1n) is 10.5. The van der Waals surface area contributed by atoms with Crippen LogP contribution in [-0.2, 0) is 4.79 Å². The molecule has 3 rings (SSSR count). The Hall–Kier alpha value is -2.96. The van der Waals surface area contributed by atoms with Crippen LogP contribution in [0.2, 0.25) is 0 Å². The standard InChI is InChI=1S/C24H30N4O2/c1-2-25-24(30)21-11-6-12-22(18-21)26-23(29)19-28-16-14-27(15-17-28)13-7-10-20-8-4-3-5-9-20/h3-12,18H,2,13-17,19H2,1H3,(H,25,30)(H,26,29)/b10-7+. The largest absolute Gasteiger partial charge is 0.352 e. The van der Waals surface area contributed by atoms with Crippen LogP contribution < -0.4 is 10.6 Å². The van der Waals surface area contributed by atoms with E-state index >= 15 is 0 Å². The highest BCUT2D eigenvalue weighted by Crippen LogP contribution is 2.11. The number of anilines is 1. The van der Waals surface area contributed by atoms with Crippen LogP contribution in [0.4, 0.5) is 5.69 Å². The summed E-state index contributed by atoms with van der Waals surface area (Å²) < 4.78 is 0. The van der Waals surface area contributed by atoms with Crippen molar-refractivity contribution in [3.8, 4) is 0 Å². The van der Waals surface area contributed by atoms with Crippen molar-refractivity contribution in [3.63, 3.8) is 0 Å². The van der Waals surface area contributed by atoms with E-state index in [-0.39, 0.29) is 11.8 Å². The Morgan fingerprint density at radius 3 is 2.43 bits per heavy atom. The Balaban J connectivity index is 1.40. The molecule has 0 saturated carbocycles. The van der Waals surface area contributed by atoms with Gasteiger partial charge in [0.15, 0.2) is 0 Å². The molecule has 1 aliphatic heterocycles. The minimum atomic E-state index is -0.133. The zero-order valence-corrected chi connectivity index (χ0v) is 17.5. The van der Waals surface area contributed by atoms with Crippen LogP contribution in [0.5, 0.6) is 0 Å². The van der Waals surface area contributed by atoms with Gasteiger partial charge in [-0.05, 0) is 30.7 Å². The number of carbonyl (C=O) groups is 2. The van der Waals surface area contributed by atoms with Gasteiger partial charge in [0.2, 0.25) is 5.91 Å². The van der Waals surface area contributed by atoms with Gasteiger partial charge < -0.3 is 10.6 Å². The number of hydrogen-bond donors (Lipinski definition) is 2. The fraction of sp³-hybridized carbons (Fsp3) is 0.333. The molecule has 2 amide bonds. The predicted molar refractivity (Wildman–Crippen MR) is 121 cm³/mol. The molecule has 1 saturated heterocycles. The van der Waals surface area contributed by atoms with Gasteiger partial charge in [-0.15, -0.1) is 0 Å². The topological polar surface area (TPSA) is 64.7 Å². The van der Waals surface area contributed by atoms with Gasteiger partial charge in [0.1, 0.15) is 0 Å². The molecule has 0 spiro atoms. The lowest BCUT2D eigenvalue weighted by molar-refractivity contribution is -0.117. The van der Waals surface area contributed by atoms with Crippen LogP contribution in [0.1, 0.15) is 22.8 Å². The molecule has 0 unspecified atom stereocenters. The third-order valence-corrected chi connectivity index (χ3v) is 5.05. The minimum Gasteiger partial charge on any atom is -0.352 e. The molecular formula is C24H30N4O2. The average Bonchev–Trinajstić information content (AvgIpc) is 2.76. The molecule has 6 nitrogen and oxygen atoms in total. The Morgan fingerprint density at radius 2 is 1.70 bits per heavy atom. The normalized spacial score (nSPS) is 15.2. The lowest BCUT2D eigenvalue weighted by Crippen LogP contribution is -2.48. The van der Waals surface area contributed by atoms with E-state index in [4.69, 9.17) is 0 Å². The Bertz CT molecular complexity index is 859. The second kappa shape index (κ2) is 11.3. The van der Waals surface area contributed by atoms with Gasteiger partial charge >= 0.3 is 0 Å². The maximum atomic E-state index is 12.4. The SMILES string of the molecule is CCNC(=O)c1cccc(NC(=O)CN2CCN(C/C=C/c3ccccc3)CC2)c1. The third-order valence-electron chi connectivity index (χ3n) is 5.05. The van der Waals surface area contributed by atoms with E-state index in [1.54, 1.807) is 24.3 Å². The number of amides is 2. The highest BCUT2D eigenvalue weighted by Gasteiger charge is 2.18. The third kappa shape index (κ3) is 6.83. The monoisotopic (exact) mass is 406 g/mol. The summed E-state index contributed by atoms with van der Waals surface area (Å²) in [5.41, 5.74) is 2.41. The van der Waals surface area contributed by atoms with Crippen molar-refractivity contribution in [1.82, 2.24) is 15.1 Å². The number of nitrogens with one attached hydrogen (secondary N) is 2. The molecule has 2 aromatic carbocycles. The van der Waals surface area contributed by atoms with Crippen molar-refractivity contribution in [2.45, 2.75) is 6.92 Å². The highest BCUT2D eigenvalue weighted by molar-refractivity contribution is 5.97. The molecule has 6 heteroatoms. The second-order valence-electron chi connectivity index (χ2n) is 7.38. The van der Waals surface area contributed by atoms with Crippen LogP contribution in [0.15, 0.2) is 60.7 Å². The quantitative estimate of drug-likeness (QED) is 0.708. The van der Waals surface area contributed by atoms with E-state index in [0.29, 0.717) is 24.3 Å². The smallest absolute Gasteiger partial charge is 0.251 e. The second-order valence-corrected chi connectivity index (χ2v) is 7.38. The molecule has 0 aromatic heterocycles. The van der Waals surface area contributed by atoms with Gasteiger partial charge in [0.05, 0.1) is 6.54 Å². The summed E-state index contributed by atoms with van der Waals surface area (Å²) >= 11 is 0. The summed E-state index contributed by atoms with van der Waals surface area (Å²) in [4.78, 5) is 28.9. The zero-order valence-electron chi connectivity index (χ0n) is 17.5. The number of hydrogen-bond acceptors (Lipinski definition) is 4. The van der Waals surface area contributed by atoms with E-state index < -0.39 is 0 Å². The van der Waals surface area contributed by atoms with Crippen LogP contribution in [0, 0.1) is 0 Å². The number of benzene rings is 2. The molecule has 0 aliphatic carbocycles. The van der Waals surface area contributed by atoms with Gasteiger partial charge in [0, 0.05) is 50.5 Å². The van der Waals surface area contributed by atoms with Crippen molar-refractivity contribution >= 4 is 23.6 Å². The van der Waals surface area contributed by atoms with Crippen LogP contribution >= 0.6 is 0 Å². The Morgan fingerprint density at radius 1 is 0.967 bits per heavy atom. The molecule has 30 heavy (non-hydrogen) atoms. The van der Waals surface area contributed by atoms with Crippen LogP contribution in [0.3, 0.4) is 0 Å². The Kier molecular flexibility index (Phi) is 8.18. The summed E-state index contributed by atoms with van der Waals surface area (Å²) in [5.74, 6) is -0.188. The first-order chi connectivity index (χ1) is 14.6. The van der Waals surface area contributed by atoms with Crippen LogP contribution in [0.25, 0.3) is 6.08 Å². The first-order valence-corrected chi connectivity index (χ1v) is 10.5. The van der Waals surface area contributed by atoms with E-state index in [9.17, 15) is 9.59 Å². The predicted octanol–water partition coefficient (Wildman–Crippen LogP) is 2.71. The molecule has 1 fully saturated rings. The summed E-state index contributed by atoms with van der Waals surface area (Å²) in [7, 11) is 0. The van der Waals surface area contributed by atoms with Crippen molar-refractivity contribution in [2.75, 3.05) is 51.1 Å². The van der Waals surface area contributed by atoms with Crippen molar-refractivity contribution in [1.29, 1.82) is 0 Å². The van der Waals surface area contributed by atoms with Gasteiger partial charge in [-0.2, -0.15) is 0 Å². The number of piperazine rings is 1. The summed E-state index contributed by atoms with van der Waals surface area (Å²) in [6.07, 6.45) is 4.34.